The Hall–Kier alpha value is -3.05. The van der Waals surface area contributed by atoms with Crippen LogP contribution < -0.4 is 10.6 Å². The highest BCUT2D eigenvalue weighted by molar-refractivity contribution is 5.77. The molecule has 0 saturated carbocycles. The molecule has 3 aliphatic rings. The third-order valence-corrected chi connectivity index (χ3v) is 23.3. The van der Waals surface area contributed by atoms with Gasteiger partial charge in [-0.1, -0.05) is 352 Å². The molecule has 3 rings (SSSR count). The van der Waals surface area contributed by atoms with Gasteiger partial charge in [-0.2, -0.15) is 0 Å². The molecule has 0 aromatic heterocycles. The molecule has 14 N–H and O–H groups in total. The molecule has 18 unspecified atom stereocenters. The van der Waals surface area contributed by atoms with Crippen molar-refractivity contribution >= 4 is 17.8 Å². The zero-order valence-electron chi connectivity index (χ0n) is 71.5. The first-order chi connectivity index (χ1) is 55.4. The summed E-state index contributed by atoms with van der Waals surface area (Å²) >= 11 is 0. The van der Waals surface area contributed by atoms with Crippen LogP contribution in [0.5, 0.6) is 0 Å². The van der Waals surface area contributed by atoms with Crippen molar-refractivity contribution in [1.29, 1.82) is 0 Å². The van der Waals surface area contributed by atoms with Crippen LogP contribution in [-0.4, -0.2) is 215 Å². The third kappa shape index (κ3) is 46.7. The number of hydrogen-bond donors (Lipinski definition) is 14. The van der Waals surface area contributed by atoms with E-state index in [-0.39, 0.29) is 12.3 Å². The number of aliphatic hydroxyl groups excluding tert-OH is 11. The largest absolute Gasteiger partial charge is 0.477 e. The lowest BCUT2D eigenvalue weighted by atomic mass is 9.88. The van der Waals surface area contributed by atoms with Crippen LogP contribution in [0.25, 0.3) is 0 Å². The molecule has 0 radical (unpaired) electrons. The van der Waals surface area contributed by atoms with Gasteiger partial charge in [0.25, 0.3) is 5.79 Å². The Bertz CT molecular complexity index is 2390. The average molecular weight is 1630 g/mol. The Morgan fingerprint density at radius 2 is 0.851 bits per heavy atom. The predicted octanol–water partition coefficient (Wildman–Crippen LogP) is 15.2. The van der Waals surface area contributed by atoms with E-state index in [2.05, 4.69) is 48.8 Å². The maximum Gasteiger partial charge on any atom is 0.364 e. The van der Waals surface area contributed by atoms with Crippen LogP contribution in [0.15, 0.2) is 36.5 Å². The summed E-state index contributed by atoms with van der Waals surface area (Å²) in [6.07, 6.45) is 53.5. The molecule has 3 saturated heterocycles. The standard InChI is InChI=1S/C91H168N2O21/c1-4-6-8-10-12-14-16-18-20-22-24-26-27-28-29-30-31-32-33-34-35-36-37-38-39-40-41-42-43-45-47-49-51-53-55-57-59-61-63-65-78(101)93-72(73(98)64-62-60-58-56-54-52-50-48-46-44-25-23-21-19-17-15-13-11-9-7-5-2)70-109-88-83(105)82(104)85(77(69-96)111-88)112-89-84(106)87(81(103)76(68-95)110-89)114-91(90(107)108)66-74(99)79(92-71(3)97)86(113-91)80(102)75(100)67-94/h31-32,34-35,62,64,72-77,79-89,94-96,98-100,102-106H,4-30,33,36-61,63,65-70H2,1-3H3,(H,92,97)(H,93,101)(H,107,108)/b32-31-,35-34-,64-62+. The number of carbonyl (C=O) groups excluding carboxylic acids is 2. The first-order valence-electron chi connectivity index (χ1n) is 46.4. The van der Waals surface area contributed by atoms with E-state index in [4.69, 9.17) is 28.4 Å². The first kappa shape index (κ1) is 105. The number of allylic oxidation sites excluding steroid dienone is 5. The van der Waals surface area contributed by atoms with Crippen LogP contribution >= 0.6 is 0 Å². The van der Waals surface area contributed by atoms with Crippen LogP contribution in [0.2, 0.25) is 0 Å². The van der Waals surface area contributed by atoms with E-state index in [9.17, 15) is 75.7 Å². The fraction of sp³-hybridized carbons (Fsp3) is 0.901. The van der Waals surface area contributed by atoms with E-state index in [0.29, 0.717) is 12.8 Å². The van der Waals surface area contributed by atoms with Crippen molar-refractivity contribution in [3.63, 3.8) is 0 Å². The van der Waals surface area contributed by atoms with Gasteiger partial charge in [0.2, 0.25) is 11.8 Å². The van der Waals surface area contributed by atoms with Crippen molar-refractivity contribution in [3.8, 4) is 0 Å². The molecule has 18 atom stereocenters. The van der Waals surface area contributed by atoms with Crippen molar-refractivity contribution in [2.45, 2.75) is 497 Å². The van der Waals surface area contributed by atoms with Crippen LogP contribution in [0.1, 0.15) is 387 Å². The van der Waals surface area contributed by atoms with Gasteiger partial charge in [0, 0.05) is 19.8 Å². The lowest BCUT2D eigenvalue weighted by Crippen LogP contribution is -2.70. The number of hydrogen-bond acceptors (Lipinski definition) is 20. The summed E-state index contributed by atoms with van der Waals surface area (Å²) in [6, 6.07) is -2.62. The second-order valence-corrected chi connectivity index (χ2v) is 33.5. The van der Waals surface area contributed by atoms with E-state index in [1.165, 1.54) is 289 Å². The van der Waals surface area contributed by atoms with Crippen LogP contribution in [0.3, 0.4) is 0 Å². The van der Waals surface area contributed by atoms with Crippen molar-refractivity contribution in [2.24, 2.45) is 0 Å². The summed E-state index contributed by atoms with van der Waals surface area (Å²) in [5.41, 5.74) is 0. The van der Waals surface area contributed by atoms with Crippen molar-refractivity contribution in [2.75, 3.05) is 26.4 Å². The molecule has 23 nitrogen and oxygen atoms in total. The minimum Gasteiger partial charge on any atom is -0.477 e. The Morgan fingerprint density at radius 1 is 0.465 bits per heavy atom. The number of ether oxygens (including phenoxy) is 6. The lowest BCUT2D eigenvalue weighted by molar-refractivity contribution is -0.386. The third-order valence-electron chi connectivity index (χ3n) is 23.3. The molecule has 3 fully saturated rings. The molecule has 0 spiro atoms. The Balaban J connectivity index is 1.41. The summed E-state index contributed by atoms with van der Waals surface area (Å²) in [7, 11) is 0. The highest BCUT2D eigenvalue weighted by Crippen LogP contribution is 2.39. The van der Waals surface area contributed by atoms with Crippen LogP contribution in [-0.2, 0) is 42.8 Å². The van der Waals surface area contributed by atoms with Gasteiger partial charge in [-0.15, -0.1) is 0 Å². The number of aliphatic carboxylic acids is 1. The van der Waals surface area contributed by atoms with Gasteiger partial charge < -0.3 is 100 Å². The number of carboxylic acids is 1. The maximum absolute atomic E-state index is 13.6. The van der Waals surface area contributed by atoms with Gasteiger partial charge in [-0.3, -0.25) is 9.59 Å². The monoisotopic (exact) mass is 1630 g/mol. The van der Waals surface area contributed by atoms with E-state index in [0.717, 1.165) is 58.3 Å². The van der Waals surface area contributed by atoms with E-state index < -0.39 is 155 Å². The number of aliphatic hydroxyl groups is 11. The molecule has 3 aliphatic heterocycles. The molecular weight excluding hydrogens is 1460 g/mol. The second kappa shape index (κ2) is 68.6. The second-order valence-electron chi connectivity index (χ2n) is 33.5. The summed E-state index contributed by atoms with van der Waals surface area (Å²) in [6.45, 7) is 2.21. The highest BCUT2D eigenvalue weighted by atomic mass is 16.8. The first-order valence-corrected chi connectivity index (χ1v) is 46.4. The van der Waals surface area contributed by atoms with Crippen molar-refractivity contribution < 1.29 is 104 Å². The number of unbranched alkanes of at least 4 members (excludes halogenated alkanes) is 51. The molecule has 0 aliphatic carbocycles. The number of nitrogens with one attached hydrogen (secondary N) is 2. The highest BCUT2D eigenvalue weighted by Gasteiger charge is 2.60. The van der Waals surface area contributed by atoms with E-state index in [1.54, 1.807) is 6.08 Å². The van der Waals surface area contributed by atoms with Gasteiger partial charge in [0.15, 0.2) is 12.6 Å². The van der Waals surface area contributed by atoms with Crippen LogP contribution in [0, 0.1) is 0 Å². The van der Waals surface area contributed by atoms with Gasteiger partial charge >= 0.3 is 5.97 Å². The average Bonchev–Trinajstić information content (AvgIpc) is 0.752. The zero-order valence-corrected chi connectivity index (χ0v) is 71.5. The Labute approximate surface area is 688 Å². The molecule has 0 aromatic carbocycles. The van der Waals surface area contributed by atoms with Crippen molar-refractivity contribution in [1.82, 2.24) is 10.6 Å². The fourth-order valence-corrected chi connectivity index (χ4v) is 16.0. The number of rotatable bonds is 75. The van der Waals surface area contributed by atoms with E-state index >= 15 is 0 Å². The summed E-state index contributed by atoms with van der Waals surface area (Å²) in [5, 5.41) is 137. The fourth-order valence-electron chi connectivity index (χ4n) is 16.0. The van der Waals surface area contributed by atoms with Crippen LogP contribution in [0.4, 0.5) is 0 Å². The Morgan fingerprint density at radius 3 is 1.24 bits per heavy atom. The summed E-state index contributed by atoms with van der Waals surface area (Å²) in [4.78, 5) is 38.8. The maximum atomic E-state index is 13.6. The molecule has 668 valence electrons. The molecule has 0 bridgehead atoms. The number of carbonyl (C=O) groups is 3. The predicted molar refractivity (Wildman–Crippen MR) is 449 cm³/mol. The molecular formula is C91H168N2O21. The minimum absolute atomic E-state index is 0.202. The quantitative estimate of drug-likeness (QED) is 0.0199. The molecule has 114 heavy (non-hydrogen) atoms. The molecule has 2 amide bonds. The van der Waals surface area contributed by atoms with Gasteiger partial charge in [-0.05, 0) is 51.4 Å². The van der Waals surface area contributed by atoms with E-state index in [1.807, 2.05) is 6.08 Å². The van der Waals surface area contributed by atoms with Crippen molar-refractivity contribution in [3.05, 3.63) is 36.5 Å². The molecule has 0 aromatic rings. The summed E-state index contributed by atoms with van der Waals surface area (Å²) in [5.74, 6) is -6.14. The summed E-state index contributed by atoms with van der Waals surface area (Å²) < 4.78 is 35.0. The molecule has 23 heteroatoms. The lowest BCUT2D eigenvalue weighted by Gasteiger charge is -2.50. The minimum atomic E-state index is -3.08. The van der Waals surface area contributed by atoms with Gasteiger partial charge in [0.05, 0.1) is 50.7 Å². The van der Waals surface area contributed by atoms with Gasteiger partial charge in [-0.25, -0.2) is 4.79 Å². The normalized spacial score (nSPS) is 25.3. The number of carboxylic acid groups (broad SMARTS) is 1. The smallest absolute Gasteiger partial charge is 0.364 e. The molecule has 3 heterocycles. The topological polar surface area (TPSA) is 373 Å². The van der Waals surface area contributed by atoms with Gasteiger partial charge in [0.1, 0.15) is 67.1 Å². The SMILES string of the molecule is CCCCCCCCCCCCCCCCC/C=C\C/C=C\CCCCCCCCCCCCCCCCCCCC(=O)NC(COC1OC(CO)C(OC2OC(CO)C(O)C(OC3(C(=O)O)CC(O)C(NC(C)=O)C(C(O)C(O)CO)O3)C2O)C(O)C1O)C(O)/C=C/CCCCCCCCCCCCCCCCCCCCC. The number of amides is 2. The zero-order chi connectivity index (χ0) is 83.1. The Kier molecular flexibility index (Phi) is 63.2.